The summed E-state index contributed by atoms with van der Waals surface area (Å²) in [5, 5.41) is 2.93. The molecule has 1 aliphatic heterocycles. The highest BCUT2D eigenvalue weighted by Crippen LogP contribution is 2.23. The highest BCUT2D eigenvalue weighted by Gasteiger charge is 2.40. The summed E-state index contributed by atoms with van der Waals surface area (Å²) in [6.07, 6.45) is 2.06. The summed E-state index contributed by atoms with van der Waals surface area (Å²) < 4.78 is 5.35. The van der Waals surface area contributed by atoms with Crippen molar-refractivity contribution in [1.82, 2.24) is 10.2 Å². The van der Waals surface area contributed by atoms with Gasteiger partial charge in [-0.2, -0.15) is 0 Å². The molecular weight excluding hydrogens is 246 g/mol. The fourth-order valence-corrected chi connectivity index (χ4v) is 2.07. The molecule has 0 radical (unpaired) electrons. The van der Waals surface area contributed by atoms with Crippen LogP contribution in [-0.4, -0.2) is 55.1 Å². The van der Waals surface area contributed by atoms with E-state index in [-0.39, 0.29) is 31.0 Å². The van der Waals surface area contributed by atoms with Crippen molar-refractivity contribution in [2.75, 3.05) is 26.3 Å². The predicted molar refractivity (Wildman–Crippen MR) is 70.3 cm³/mol. The summed E-state index contributed by atoms with van der Waals surface area (Å²) in [5.74, 6) is -0.183. The van der Waals surface area contributed by atoms with Crippen LogP contribution in [0.4, 0.5) is 0 Å². The molecule has 1 saturated carbocycles. The van der Waals surface area contributed by atoms with Crippen LogP contribution in [0.3, 0.4) is 0 Å². The average molecular weight is 269 g/mol. The first-order chi connectivity index (χ1) is 8.95. The van der Waals surface area contributed by atoms with E-state index < -0.39 is 11.5 Å². The maximum absolute atomic E-state index is 12.5. The molecule has 1 saturated heterocycles. The Morgan fingerprint density at radius 1 is 1.42 bits per heavy atom. The van der Waals surface area contributed by atoms with Gasteiger partial charge in [0.1, 0.15) is 6.04 Å². The van der Waals surface area contributed by atoms with Crippen LogP contribution >= 0.6 is 0 Å². The minimum Gasteiger partial charge on any atom is -0.377 e. The molecule has 0 bridgehead atoms. The topological polar surface area (TPSA) is 84.7 Å². The van der Waals surface area contributed by atoms with Crippen LogP contribution < -0.4 is 11.1 Å². The molecule has 6 nitrogen and oxygen atoms in total. The van der Waals surface area contributed by atoms with Gasteiger partial charge in [0.05, 0.1) is 18.6 Å². The standard InChI is InChI=1S/C13H23N3O3/c1-13(2,8-14)12(18)16-5-6-19-7-10(16)11(17)15-9-3-4-9/h9-10H,3-8,14H2,1-2H3,(H,15,17). The van der Waals surface area contributed by atoms with E-state index >= 15 is 0 Å². The van der Waals surface area contributed by atoms with Gasteiger partial charge in [-0.15, -0.1) is 0 Å². The van der Waals surface area contributed by atoms with E-state index in [1.54, 1.807) is 18.7 Å². The largest absolute Gasteiger partial charge is 0.377 e. The lowest BCUT2D eigenvalue weighted by Gasteiger charge is -2.38. The van der Waals surface area contributed by atoms with Gasteiger partial charge in [0.2, 0.25) is 11.8 Å². The van der Waals surface area contributed by atoms with Crippen LogP contribution in [0.25, 0.3) is 0 Å². The van der Waals surface area contributed by atoms with Crippen molar-refractivity contribution < 1.29 is 14.3 Å². The lowest BCUT2D eigenvalue weighted by Crippen LogP contribution is -2.59. The van der Waals surface area contributed by atoms with Crippen LogP contribution in [0, 0.1) is 5.41 Å². The predicted octanol–water partition coefficient (Wildman–Crippen LogP) is -0.523. The average Bonchev–Trinajstić information content (AvgIpc) is 3.21. The van der Waals surface area contributed by atoms with Gasteiger partial charge in [-0.05, 0) is 26.7 Å². The van der Waals surface area contributed by atoms with Crippen LogP contribution in [0.15, 0.2) is 0 Å². The second-order valence-electron chi connectivity index (χ2n) is 5.96. The number of carbonyl (C=O) groups is 2. The van der Waals surface area contributed by atoms with Gasteiger partial charge in [-0.1, -0.05) is 0 Å². The van der Waals surface area contributed by atoms with Crippen molar-refractivity contribution in [3.8, 4) is 0 Å². The zero-order chi connectivity index (χ0) is 14.0. The molecule has 3 N–H and O–H groups in total. The minimum atomic E-state index is -0.643. The molecule has 0 aromatic carbocycles. The zero-order valence-electron chi connectivity index (χ0n) is 11.6. The molecule has 2 amide bonds. The number of hydrogen-bond acceptors (Lipinski definition) is 4. The van der Waals surface area contributed by atoms with Crippen LogP contribution in [0.2, 0.25) is 0 Å². The Kier molecular flexibility index (Phi) is 4.10. The van der Waals surface area contributed by atoms with E-state index in [9.17, 15) is 9.59 Å². The molecule has 2 aliphatic rings. The zero-order valence-corrected chi connectivity index (χ0v) is 11.6. The summed E-state index contributed by atoms with van der Waals surface area (Å²) in [5.41, 5.74) is 5.00. The lowest BCUT2D eigenvalue weighted by molar-refractivity contribution is -0.154. The number of amides is 2. The lowest BCUT2D eigenvalue weighted by atomic mass is 9.91. The van der Waals surface area contributed by atoms with Gasteiger partial charge in [0.25, 0.3) is 0 Å². The Hall–Kier alpha value is -1.14. The number of ether oxygens (including phenoxy) is 1. The molecule has 2 fully saturated rings. The van der Waals surface area contributed by atoms with Crippen LogP contribution in [-0.2, 0) is 14.3 Å². The maximum Gasteiger partial charge on any atom is 0.245 e. The van der Waals surface area contributed by atoms with E-state index in [4.69, 9.17) is 10.5 Å². The van der Waals surface area contributed by atoms with Gasteiger partial charge in [-0.3, -0.25) is 9.59 Å². The Morgan fingerprint density at radius 3 is 2.68 bits per heavy atom. The Bertz CT molecular complexity index is 366. The highest BCUT2D eigenvalue weighted by molar-refractivity contribution is 5.90. The monoisotopic (exact) mass is 269 g/mol. The van der Waals surface area contributed by atoms with Crippen molar-refractivity contribution in [2.24, 2.45) is 11.1 Å². The minimum absolute atomic E-state index is 0.0748. The molecule has 0 spiro atoms. The summed E-state index contributed by atoms with van der Waals surface area (Å²) >= 11 is 0. The number of nitrogens with one attached hydrogen (secondary N) is 1. The van der Waals surface area contributed by atoms with E-state index in [0.29, 0.717) is 13.2 Å². The van der Waals surface area contributed by atoms with E-state index in [1.165, 1.54) is 0 Å². The molecular formula is C13H23N3O3. The number of rotatable bonds is 4. The normalized spacial score (nSPS) is 24.2. The van der Waals surface area contributed by atoms with Crippen molar-refractivity contribution in [1.29, 1.82) is 0 Å². The summed E-state index contributed by atoms with van der Waals surface area (Å²) in [4.78, 5) is 26.3. The SMILES string of the molecule is CC(C)(CN)C(=O)N1CCOCC1C(=O)NC1CC1. The molecule has 0 aromatic rings. The third-order valence-corrected chi connectivity index (χ3v) is 3.70. The Balaban J connectivity index is 2.06. The second kappa shape index (κ2) is 5.46. The quantitative estimate of drug-likeness (QED) is 0.719. The maximum atomic E-state index is 12.5. The molecule has 1 unspecified atom stereocenters. The van der Waals surface area contributed by atoms with E-state index in [0.717, 1.165) is 12.8 Å². The molecule has 19 heavy (non-hydrogen) atoms. The first kappa shape index (κ1) is 14.3. The van der Waals surface area contributed by atoms with Crippen molar-refractivity contribution >= 4 is 11.8 Å². The summed E-state index contributed by atoms with van der Waals surface area (Å²) in [6, 6.07) is -0.235. The molecule has 1 atom stereocenters. The number of hydrogen-bond donors (Lipinski definition) is 2. The van der Waals surface area contributed by atoms with Gasteiger partial charge in [0.15, 0.2) is 0 Å². The fourth-order valence-electron chi connectivity index (χ4n) is 2.07. The number of carbonyl (C=O) groups excluding carboxylic acids is 2. The van der Waals surface area contributed by atoms with E-state index in [1.807, 2.05) is 0 Å². The van der Waals surface area contributed by atoms with Gasteiger partial charge >= 0.3 is 0 Å². The summed E-state index contributed by atoms with van der Waals surface area (Å²) in [6.45, 7) is 5.07. The van der Waals surface area contributed by atoms with E-state index in [2.05, 4.69) is 5.32 Å². The molecule has 2 rings (SSSR count). The molecule has 108 valence electrons. The highest BCUT2D eigenvalue weighted by atomic mass is 16.5. The Morgan fingerprint density at radius 2 is 2.11 bits per heavy atom. The first-order valence-corrected chi connectivity index (χ1v) is 6.85. The van der Waals surface area contributed by atoms with Crippen molar-refractivity contribution in [3.05, 3.63) is 0 Å². The smallest absolute Gasteiger partial charge is 0.245 e. The fraction of sp³-hybridized carbons (Fsp3) is 0.846. The number of nitrogens with zero attached hydrogens (tertiary/aromatic N) is 1. The number of morpholine rings is 1. The van der Waals surface area contributed by atoms with Crippen LogP contribution in [0.1, 0.15) is 26.7 Å². The van der Waals surface area contributed by atoms with Crippen molar-refractivity contribution in [2.45, 2.75) is 38.8 Å². The molecule has 0 aromatic heterocycles. The summed E-state index contributed by atoms with van der Waals surface area (Å²) in [7, 11) is 0. The van der Waals surface area contributed by atoms with Gasteiger partial charge < -0.3 is 20.7 Å². The van der Waals surface area contributed by atoms with Crippen molar-refractivity contribution in [3.63, 3.8) is 0 Å². The Labute approximate surface area is 113 Å². The molecule has 6 heteroatoms. The third-order valence-electron chi connectivity index (χ3n) is 3.70. The van der Waals surface area contributed by atoms with Gasteiger partial charge in [0, 0.05) is 19.1 Å². The second-order valence-corrected chi connectivity index (χ2v) is 5.96. The number of nitrogens with two attached hydrogens (primary N) is 1. The van der Waals surface area contributed by atoms with Crippen LogP contribution in [0.5, 0.6) is 0 Å². The molecule has 1 heterocycles. The first-order valence-electron chi connectivity index (χ1n) is 6.85. The molecule has 1 aliphatic carbocycles. The van der Waals surface area contributed by atoms with Gasteiger partial charge in [-0.25, -0.2) is 0 Å². The third kappa shape index (κ3) is 3.25.